The summed E-state index contributed by atoms with van der Waals surface area (Å²) < 4.78 is 6.02. The molecule has 1 heterocycles. The van der Waals surface area contributed by atoms with E-state index in [1.165, 1.54) is 18.5 Å². The van der Waals surface area contributed by atoms with Crippen LogP contribution in [-0.2, 0) is 6.42 Å². The molecule has 0 aromatic heterocycles. The summed E-state index contributed by atoms with van der Waals surface area (Å²) in [6.07, 6.45) is 5.34. The standard InChI is InChI=1S/C16H23NO2/c1-17-10-2-3-15(12-17)19-14-6-4-13(5-7-14)11-16(18)8-9-16/h4-7,15,18H,2-3,8-12H2,1H3. The van der Waals surface area contributed by atoms with Crippen molar-refractivity contribution < 1.29 is 9.84 Å². The first-order valence-electron chi connectivity index (χ1n) is 7.30. The number of likely N-dealkylation sites (tertiary alicyclic amines) is 1. The minimum atomic E-state index is -0.408. The van der Waals surface area contributed by atoms with Gasteiger partial charge < -0.3 is 14.7 Å². The number of aliphatic hydroxyl groups is 1. The number of likely N-dealkylation sites (N-methyl/N-ethyl adjacent to an activating group) is 1. The molecule has 1 unspecified atom stereocenters. The van der Waals surface area contributed by atoms with Gasteiger partial charge in [-0.1, -0.05) is 12.1 Å². The topological polar surface area (TPSA) is 32.7 Å². The fourth-order valence-electron chi connectivity index (χ4n) is 2.79. The molecule has 1 aromatic rings. The van der Waals surface area contributed by atoms with Gasteiger partial charge in [0.15, 0.2) is 0 Å². The molecule has 0 amide bonds. The maximum absolute atomic E-state index is 9.90. The molecule has 0 bridgehead atoms. The van der Waals surface area contributed by atoms with Gasteiger partial charge in [0.1, 0.15) is 11.9 Å². The molecule has 1 aliphatic heterocycles. The Morgan fingerprint density at radius 1 is 1.32 bits per heavy atom. The highest BCUT2D eigenvalue weighted by Gasteiger charge is 2.39. The lowest BCUT2D eigenvalue weighted by Crippen LogP contribution is -2.38. The van der Waals surface area contributed by atoms with Crippen LogP contribution in [0.2, 0.25) is 0 Å². The Labute approximate surface area is 115 Å². The van der Waals surface area contributed by atoms with Gasteiger partial charge >= 0.3 is 0 Å². The van der Waals surface area contributed by atoms with Gasteiger partial charge in [-0.15, -0.1) is 0 Å². The zero-order chi connectivity index (χ0) is 13.3. The molecule has 0 radical (unpaired) electrons. The minimum absolute atomic E-state index is 0.317. The Kier molecular flexibility index (Phi) is 3.50. The quantitative estimate of drug-likeness (QED) is 0.902. The highest BCUT2D eigenvalue weighted by atomic mass is 16.5. The average molecular weight is 261 g/mol. The molecule has 1 saturated heterocycles. The third-order valence-corrected chi connectivity index (χ3v) is 4.17. The lowest BCUT2D eigenvalue weighted by atomic mass is 10.1. The first-order valence-corrected chi connectivity index (χ1v) is 7.30. The Morgan fingerprint density at radius 2 is 2.05 bits per heavy atom. The molecule has 1 aliphatic carbocycles. The van der Waals surface area contributed by atoms with E-state index in [2.05, 4.69) is 24.1 Å². The second-order valence-electron chi connectivity index (χ2n) is 6.19. The van der Waals surface area contributed by atoms with E-state index in [0.717, 1.165) is 38.0 Å². The average Bonchev–Trinajstić information content (AvgIpc) is 3.10. The van der Waals surface area contributed by atoms with Gasteiger partial charge in [-0.05, 0) is 57.0 Å². The summed E-state index contributed by atoms with van der Waals surface area (Å²) in [5, 5.41) is 9.90. The molecule has 3 heteroatoms. The lowest BCUT2D eigenvalue weighted by molar-refractivity contribution is 0.104. The maximum atomic E-state index is 9.90. The number of hydrogen-bond donors (Lipinski definition) is 1. The van der Waals surface area contributed by atoms with Gasteiger partial charge in [0.2, 0.25) is 0 Å². The molecule has 3 nitrogen and oxygen atoms in total. The van der Waals surface area contributed by atoms with Gasteiger partial charge in [0.05, 0.1) is 5.60 Å². The van der Waals surface area contributed by atoms with E-state index in [9.17, 15) is 5.11 Å². The molecule has 1 aromatic carbocycles. The molecule has 2 fully saturated rings. The summed E-state index contributed by atoms with van der Waals surface area (Å²) in [7, 11) is 2.15. The van der Waals surface area contributed by atoms with Crippen LogP contribution in [0.5, 0.6) is 5.75 Å². The van der Waals surface area contributed by atoms with Crippen molar-refractivity contribution in [1.82, 2.24) is 4.90 Å². The van der Waals surface area contributed by atoms with Crippen LogP contribution in [-0.4, -0.2) is 41.8 Å². The van der Waals surface area contributed by atoms with E-state index in [-0.39, 0.29) is 0 Å². The van der Waals surface area contributed by atoms with E-state index < -0.39 is 5.60 Å². The third-order valence-electron chi connectivity index (χ3n) is 4.17. The van der Waals surface area contributed by atoms with Crippen LogP contribution in [0.25, 0.3) is 0 Å². The minimum Gasteiger partial charge on any atom is -0.489 e. The first kappa shape index (κ1) is 12.9. The molecular weight excluding hydrogens is 238 g/mol. The second-order valence-corrected chi connectivity index (χ2v) is 6.19. The maximum Gasteiger partial charge on any atom is 0.119 e. The van der Waals surface area contributed by atoms with Crippen molar-refractivity contribution in [2.45, 2.75) is 43.8 Å². The number of benzene rings is 1. The number of rotatable bonds is 4. The van der Waals surface area contributed by atoms with E-state index in [1.54, 1.807) is 0 Å². The van der Waals surface area contributed by atoms with E-state index in [0.29, 0.717) is 6.10 Å². The highest BCUT2D eigenvalue weighted by Crippen LogP contribution is 2.38. The van der Waals surface area contributed by atoms with Crippen LogP contribution in [0.15, 0.2) is 24.3 Å². The monoisotopic (exact) mass is 261 g/mol. The zero-order valence-corrected chi connectivity index (χ0v) is 11.6. The van der Waals surface area contributed by atoms with Crippen molar-refractivity contribution in [2.75, 3.05) is 20.1 Å². The summed E-state index contributed by atoms with van der Waals surface area (Å²) >= 11 is 0. The Hall–Kier alpha value is -1.06. The molecule has 1 N–H and O–H groups in total. The van der Waals surface area contributed by atoms with Gasteiger partial charge in [-0.2, -0.15) is 0 Å². The van der Waals surface area contributed by atoms with Crippen molar-refractivity contribution in [3.8, 4) is 5.75 Å². The van der Waals surface area contributed by atoms with Crippen molar-refractivity contribution in [3.63, 3.8) is 0 Å². The van der Waals surface area contributed by atoms with Gasteiger partial charge in [-0.3, -0.25) is 0 Å². The van der Waals surface area contributed by atoms with Gasteiger partial charge in [0, 0.05) is 13.0 Å². The molecular formula is C16H23NO2. The summed E-state index contributed by atoms with van der Waals surface area (Å²) in [5.41, 5.74) is 0.794. The molecule has 1 saturated carbocycles. The van der Waals surface area contributed by atoms with E-state index >= 15 is 0 Å². The molecule has 3 rings (SSSR count). The third kappa shape index (κ3) is 3.48. The second kappa shape index (κ2) is 5.14. The predicted octanol–water partition coefficient (Wildman–Crippen LogP) is 2.23. The van der Waals surface area contributed by atoms with Crippen LogP contribution in [0.4, 0.5) is 0 Å². The smallest absolute Gasteiger partial charge is 0.119 e. The number of hydrogen-bond acceptors (Lipinski definition) is 3. The largest absolute Gasteiger partial charge is 0.489 e. The number of nitrogens with zero attached hydrogens (tertiary/aromatic N) is 1. The van der Waals surface area contributed by atoms with Gasteiger partial charge in [0.25, 0.3) is 0 Å². The Bertz CT molecular complexity index is 425. The summed E-state index contributed by atoms with van der Waals surface area (Å²) in [4.78, 5) is 2.32. The normalized spacial score (nSPS) is 26.1. The summed E-state index contributed by atoms with van der Waals surface area (Å²) in [6, 6.07) is 8.24. The Morgan fingerprint density at radius 3 is 2.68 bits per heavy atom. The fraction of sp³-hybridized carbons (Fsp3) is 0.625. The Balaban J connectivity index is 1.56. The zero-order valence-electron chi connectivity index (χ0n) is 11.6. The van der Waals surface area contributed by atoms with Crippen LogP contribution in [0.3, 0.4) is 0 Å². The van der Waals surface area contributed by atoms with Gasteiger partial charge in [-0.25, -0.2) is 0 Å². The fourth-order valence-corrected chi connectivity index (χ4v) is 2.79. The SMILES string of the molecule is CN1CCCC(Oc2ccc(CC3(O)CC3)cc2)C1. The predicted molar refractivity (Wildman–Crippen MR) is 75.5 cm³/mol. The van der Waals surface area contributed by atoms with Crippen molar-refractivity contribution in [3.05, 3.63) is 29.8 Å². The molecule has 0 spiro atoms. The summed E-state index contributed by atoms with van der Waals surface area (Å²) in [5.74, 6) is 0.951. The lowest BCUT2D eigenvalue weighted by Gasteiger charge is -2.30. The highest BCUT2D eigenvalue weighted by molar-refractivity contribution is 5.29. The van der Waals surface area contributed by atoms with Crippen LogP contribution >= 0.6 is 0 Å². The molecule has 1 atom stereocenters. The molecule has 19 heavy (non-hydrogen) atoms. The first-order chi connectivity index (χ1) is 9.13. The van der Waals surface area contributed by atoms with Crippen LogP contribution in [0, 0.1) is 0 Å². The molecule has 104 valence electrons. The summed E-state index contributed by atoms with van der Waals surface area (Å²) in [6.45, 7) is 2.19. The van der Waals surface area contributed by atoms with E-state index in [1.807, 2.05) is 12.1 Å². The number of piperidine rings is 1. The van der Waals surface area contributed by atoms with Crippen LogP contribution < -0.4 is 4.74 Å². The van der Waals surface area contributed by atoms with Crippen LogP contribution in [0.1, 0.15) is 31.2 Å². The van der Waals surface area contributed by atoms with E-state index in [4.69, 9.17) is 4.74 Å². The molecule has 2 aliphatic rings. The number of ether oxygens (including phenoxy) is 1. The van der Waals surface area contributed by atoms with Crippen molar-refractivity contribution in [2.24, 2.45) is 0 Å². The van der Waals surface area contributed by atoms with Crippen molar-refractivity contribution in [1.29, 1.82) is 0 Å². The van der Waals surface area contributed by atoms with Crippen molar-refractivity contribution >= 4 is 0 Å².